The topological polar surface area (TPSA) is 73.0 Å². The molecule has 2 aliphatic rings. The number of nitrogens with zero attached hydrogens (tertiary/aromatic N) is 5. The first-order chi connectivity index (χ1) is 18.8. The van der Waals surface area contributed by atoms with E-state index in [1.165, 1.54) is 10.0 Å². The molecule has 0 unspecified atom stereocenters. The van der Waals surface area contributed by atoms with Crippen molar-refractivity contribution in [2.75, 3.05) is 20.1 Å². The van der Waals surface area contributed by atoms with Gasteiger partial charge in [-0.25, -0.2) is 26.7 Å². The normalized spacial score (nSPS) is 17.4. The molecule has 0 spiro atoms. The number of aryl methyl sites for hydroxylation is 1. The Bertz CT molecular complexity index is 1830. The predicted molar refractivity (Wildman–Crippen MR) is 150 cm³/mol. The average molecular weight is 544 g/mol. The number of hydrogen-bond acceptors (Lipinski definition) is 5. The Morgan fingerprint density at radius 1 is 0.949 bits per heavy atom. The van der Waals surface area contributed by atoms with Gasteiger partial charge < -0.3 is 9.47 Å². The Labute approximate surface area is 227 Å². The quantitative estimate of drug-likeness (QED) is 0.277. The van der Waals surface area contributed by atoms with Crippen molar-refractivity contribution in [3.63, 3.8) is 0 Å². The standard InChI is InChI=1S/C30H30FN5O2S/c1-19-32-29-26(31)16-21(17-28(29)36(19)22-12-14-34(2)15-13-22)25-18-35(39(37,38)23-6-4-3-5-7-23)30-24(25)10-11-27(33-30)20-8-9-20/h3-7,10-11,16-18,20,22H,8-9,12-15H2,1-2H3. The van der Waals surface area contributed by atoms with E-state index in [4.69, 9.17) is 4.98 Å². The maximum Gasteiger partial charge on any atom is 0.269 e. The van der Waals surface area contributed by atoms with Crippen molar-refractivity contribution in [2.45, 2.75) is 49.5 Å². The molecule has 7 nitrogen and oxygen atoms in total. The highest BCUT2D eigenvalue weighted by Gasteiger charge is 2.29. The average Bonchev–Trinajstić information content (AvgIpc) is 3.63. The summed E-state index contributed by atoms with van der Waals surface area (Å²) >= 11 is 0. The van der Waals surface area contributed by atoms with E-state index < -0.39 is 15.8 Å². The molecule has 3 aromatic heterocycles. The fourth-order valence-corrected chi connectivity index (χ4v) is 7.29. The summed E-state index contributed by atoms with van der Waals surface area (Å²) in [7, 11) is -1.80. The van der Waals surface area contributed by atoms with Crippen LogP contribution in [0.1, 0.15) is 49.2 Å². The number of benzene rings is 2. The highest BCUT2D eigenvalue weighted by molar-refractivity contribution is 7.90. The first kappa shape index (κ1) is 24.5. The van der Waals surface area contributed by atoms with Crippen LogP contribution in [-0.4, -0.2) is 52.0 Å². The second-order valence-corrected chi connectivity index (χ2v) is 12.7. The van der Waals surface area contributed by atoms with Gasteiger partial charge in [0.2, 0.25) is 0 Å². The van der Waals surface area contributed by atoms with E-state index >= 15 is 4.39 Å². The third-order valence-electron chi connectivity index (χ3n) is 8.23. The van der Waals surface area contributed by atoms with Crippen molar-refractivity contribution in [2.24, 2.45) is 0 Å². The van der Waals surface area contributed by atoms with E-state index in [0.29, 0.717) is 33.6 Å². The third kappa shape index (κ3) is 4.06. The molecule has 5 aromatic rings. The van der Waals surface area contributed by atoms with Crippen LogP contribution in [-0.2, 0) is 10.0 Å². The molecule has 200 valence electrons. The van der Waals surface area contributed by atoms with Crippen LogP contribution in [0.2, 0.25) is 0 Å². The molecule has 0 bridgehead atoms. The number of pyridine rings is 1. The van der Waals surface area contributed by atoms with Gasteiger partial charge in [0.15, 0.2) is 11.5 Å². The van der Waals surface area contributed by atoms with Gasteiger partial charge in [-0.15, -0.1) is 0 Å². The summed E-state index contributed by atoms with van der Waals surface area (Å²) in [5.74, 6) is 0.744. The van der Waals surface area contributed by atoms with E-state index in [0.717, 1.165) is 55.8 Å². The second kappa shape index (κ2) is 8.99. The number of rotatable bonds is 5. The lowest BCUT2D eigenvalue weighted by atomic mass is 10.0. The van der Waals surface area contributed by atoms with Gasteiger partial charge in [0.25, 0.3) is 10.0 Å². The zero-order chi connectivity index (χ0) is 26.9. The number of hydrogen-bond donors (Lipinski definition) is 0. The van der Waals surface area contributed by atoms with Crippen LogP contribution in [0.4, 0.5) is 4.39 Å². The fourth-order valence-electron chi connectivity index (χ4n) is 5.95. The van der Waals surface area contributed by atoms with Crippen molar-refractivity contribution in [3.05, 3.63) is 78.1 Å². The van der Waals surface area contributed by atoms with Crippen LogP contribution in [0.15, 0.2) is 65.7 Å². The van der Waals surface area contributed by atoms with Crippen LogP contribution in [0.5, 0.6) is 0 Å². The van der Waals surface area contributed by atoms with Gasteiger partial charge in [0, 0.05) is 34.8 Å². The first-order valence-electron chi connectivity index (χ1n) is 13.5. The van der Waals surface area contributed by atoms with Gasteiger partial charge in [-0.3, -0.25) is 0 Å². The lowest BCUT2D eigenvalue weighted by molar-refractivity contribution is 0.222. The van der Waals surface area contributed by atoms with Gasteiger partial charge in [0.05, 0.1) is 10.4 Å². The summed E-state index contributed by atoms with van der Waals surface area (Å²) in [5.41, 5.74) is 3.61. The van der Waals surface area contributed by atoms with E-state index in [9.17, 15) is 8.42 Å². The molecular formula is C30H30FN5O2S. The fraction of sp³-hybridized carbons (Fsp3) is 0.333. The summed E-state index contributed by atoms with van der Waals surface area (Å²) in [6, 6.07) is 15.9. The van der Waals surface area contributed by atoms with Crippen molar-refractivity contribution in [3.8, 4) is 11.1 Å². The van der Waals surface area contributed by atoms with Gasteiger partial charge in [0.1, 0.15) is 11.3 Å². The van der Waals surface area contributed by atoms with Crippen LogP contribution < -0.4 is 0 Å². The lowest BCUT2D eigenvalue weighted by Gasteiger charge is -2.30. The molecule has 1 aliphatic heterocycles. The lowest BCUT2D eigenvalue weighted by Crippen LogP contribution is -2.31. The Hall–Kier alpha value is -3.56. The SMILES string of the molecule is Cc1nc2c(F)cc(-c3cn(S(=O)(=O)c4ccccc4)c4nc(C5CC5)ccc34)cc2n1C1CCN(C)CC1. The molecule has 0 N–H and O–H groups in total. The number of halogens is 1. The molecule has 0 amide bonds. The summed E-state index contributed by atoms with van der Waals surface area (Å²) in [5, 5.41) is 0.680. The molecule has 9 heteroatoms. The van der Waals surface area contributed by atoms with Gasteiger partial charge >= 0.3 is 0 Å². The molecule has 1 saturated carbocycles. The van der Waals surface area contributed by atoms with E-state index in [1.54, 1.807) is 36.5 Å². The number of piperidine rings is 1. The minimum absolute atomic E-state index is 0.185. The maximum absolute atomic E-state index is 15.6. The predicted octanol–water partition coefficient (Wildman–Crippen LogP) is 5.88. The Morgan fingerprint density at radius 3 is 2.41 bits per heavy atom. The summed E-state index contributed by atoms with van der Waals surface area (Å²) in [6.45, 7) is 3.89. The summed E-state index contributed by atoms with van der Waals surface area (Å²) < 4.78 is 46.6. The first-order valence-corrected chi connectivity index (χ1v) is 14.9. The van der Waals surface area contributed by atoms with Crippen LogP contribution >= 0.6 is 0 Å². The molecule has 2 aromatic carbocycles. The molecule has 0 atom stereocenters. The molecule has 2 fully saturated rings. The highest BCUT2D eigenvalue weighted by atomic mass is 32.2. The van der Waals surface area contributed by atoms with Crippen molar-refractivity contribution >= 4 is 32.1 Å². The largest absolute Gasteiger partial charge is 0.325 e. The number of aromatic nitrogens is 4. The Morgan fingerprint density at radius 2 is 1.69 bits per heavy atom. The Balaban J connectivity index is 1.44. The van der Waals surface area contributed by atoms with Gasteiger partial charge in [-0.1, -0.05) is 18.2 Å². The van der Waals surface area contributed by atoms with Crippen LogP contribution in [0, 0.1) is 12.7 Å². The maximum atomic E-state index is 15.6. The van der Waals surface area contributed by atoms with Gasteiger partial charge in [-0.05, 0) is 94.7 Å². The zero-order valence-electron chi connectivity index (χ0n) is 22.0. The van der Waals surface area contributed by atoms with Crippen LogP contribution in [0.25, 0.3) is 33.2 Å². The minimum Gasteiger partial charge on any atom is -0.325 e. The van der Waals surface area contributed by atoms with Crippen molar-refractivity contribution in [1.82, 2.24) is 23.4 Å². The van der Waals surface area contributed by atoms with Gasteiger partial charge in [-0.2, -0.15) is 0 Å². The zero-order valence-corrected chi connectivity index (χ0v) is 22.8. The summed E-state index contributed by atoms with van der Waals surface area (Å²) in [4.78, 5) is 11.9. The summed E-state index contributed by atoms with van der Waals surface area (Å²) in [6.07, 6.45) is 5.65. The van der Waals surface area contributed by atoms with E-state index in [1.807, 2.05) is 25.1 Å². The number of likely N-dealkylation sites (tertiary alicyclic amines) is 1. The van der Waals surface area contributed by atoms with Crippen molar-refractivity contribution < 1.29 is 12.8 Å². The molecular weight excluding hydrogens is 513 g/mol. The third-order valence-corrected chi connectivity index (χ3v) is 9.89. The van der Waals surface area contributed by atoms with E-state index in [-0.39, 0.29) is 10.9 Å². The molecule has 0 radical (unpaired) electrons. The minimum atomic E-state index is -3.92. The molecule has 7 rings (SSSR count). The second-order valence-electron chi connectivity index (χ2n) is 10.9. The smallest absolute Gasteiger partial charge is 0.269 e. The molecule has 4 heterocycles. The van der Waals surface area contributed by atoms with Crippen molar-refractivity contribution in [1.29, 1.82) is 0 Å². The Kier molecular flexibility index (Phi) is 5.64. The van der Waals surface area contributed by atoms with Crippen LogP contribution in [0.3, 0.4) is 0 Å². The number of fused-ring (bicyclic) bond motifs is 2. The molecule has 1 saturated heterocycles. The van der Waals surface area contributed by atoms with E-state index in [2.05, 4.69) is 21.5 Å². The molecule has 39 heavy (non-hydrogen) atoms. The number of imidazole rings is 1. The highest BCUT2D eigenvalue weighted by Crippen LogP contribution is 2.42. The molecule has 1 aliphatic carbocycles. The monoisotopic (exact) mass is 543 g/mol.